The lowest BCUT2D eigenvalue weighted by atomic mass is 9.71. The van der Waals surface area contributed by atoms with E-state index in [0.717, 1.165) is 13.1 Å². The third-order valence-corrected chi connectivity index (χ3v) is 3.69. The van der Waals surface area contributed by atoms with Crippen LogP contribution < -0.4 is 5.32 Å². The molecule has 1 saturated heterocycles. The quantitative estimate of drug-likeness (QED) is 0.594. The van der Waals surface area contributed by atoms with E-state index >= 15 is 0 Å². The van der Waals surface area contributed by atoms with Crippen LogP contribution in [0.15, 0.2) is 0 Å². The Hall–Kier alpha value is -0.180. The zero-order valence-electron chi connectivity index (χ0n) is 7.58. The average Bonchev–Trinajstić information content (AvgIpc) is 2.46. The summed E-state index contributed by atoms with van der Waals surface area (Å²) in [7, 11) is 0. The van der Waals surface area contributed by atoms with Gasteiger partial charge in [0.25, 0.3) is 5.92 Å². The molecule has 1 aliphatic heterocycles. The van der Waals surface area contributed by atoms with Gasteiger partial charge in [-0.25, -0.2) is 8.78 Å². The van der Waals surface area contributed by atoms with E-state index in [9.17, 15) is 8.78 Å². The minimum atomic E-state index is -2.39. The predicted octanol–water partition coefficient (Wildman–Crippen LogP) is 2.03. The molecule has 0 amide bonds. The summed E-state index contributed by atoms with van der Waals surface area (Å²) >= 11 is 0. The third-order valence-electron chi connectivity index (χ3n) is 3.69. The lowest BCUT2D eigenvalue weighted by Crippen LogP contribution is -2.46. The molecule has 1 spiro atoms. The van der Waals surface area contributed by atoms with Crippen LogP contribution in [-0.2, 0) is 0 Å². The predicted molar refractivity (Wildman–Crippen MR) is 43.3 cm³/mol. The first-order valence-electron chi connectivity index (χ1n) is 4.50. The fourth-order valence-electron chi connectivity index (χ4n) is 2.55. The average molecular weight is 175 g/mol. The van der Waals surface area contributed by atoms with Crippen LogP contribution in [0.25, 0.3) is 0 Å². The number of piperidine rings is 1. The Morgan fingerprint density at radius 1 is 1.25 bits per heavy atom. The number of alkyl halides is 2. The molecule has 0 bridgehead atoms. The Bertz CT molecular complexity index is 213. The molecular formula is C9H15F2N. The van der Waals surface area contributed by atoms with E-state index in [1.54, 1.807) is 0 Å². The van der Waals surface area contributed by atoms with Gasteiger partial charge >= 0.3 is 0 Å². The Morgan fingerprint density at radius 3 is 2.17 bits per heavy atom. The summed E-state index contributed by atoms with van der Waals surface area (Å²) in [6.07, 6.45) is 0.738. The van der Waals surface area contributed by atoms with Crippen LogP contribution in [0.4, 0.5) is 8.78 Å². The Balaban J connectivity index is 2.25. The number of rotatable bonds is 0. The molecule has 2 rings (SSSR count). The zero-order chi connectivity index (χ0) is 9.04. The molecule has 3 heteroatoms. The van der Waals surface area contributed by atoms with Crippen molar-refractivity contribution in [3.8, 4) is 0 Å². The van der Waals surface area contributed by atoms with Gasteiger partial charge in [-0.2, -0.15) is 0 Å². The lowest BCUT2D eigenvalue weighted by Gasteiger charge is -2.39. The van der Waals surface area contributed by atoms with Crippen molar-refractivity contribution in [3.63, 3.8) is 0 Å². The van der Waals surface area contributed by atoms with E-state index in [0.29, 0.717) is 6.42 Å². The smallest absolute Gasteiger partial charge is 0.255 e. The van der Waals surface area contributed by atoms with Gasteiger partial charge in [-0.15, -0.1) is 0 Å². The molecule has 1 heterocycles. The van der Waals surface area contributed by atoms with E-state index in [4.69, 9.17) is 0 Å². The molecular weight excluding hydrogens is 160 g/mol. The van der Waals surface area contributed by atoms with E-state index in [-0.39, 0.29) is 11.8 Å². The molecule has 2 fully saturated rings. The number of nitrogens with one attached hydrogen (secondary N) is 1. The largest absolute Gasteiger partial charge is 0.316 e. The highest BCUT2D eigenvalue weighted by Gasteiger charge is 2.76. The Labute approximate surface area is 71.5 Å². The fourth-order valence-corrected chi connectivity index (χ4v) is 2.55. The molecule has 0 radical (unpaired) electrons. The Kier molecular flexibility index (Phi) is 1.41. The second-order valence-corrected chi connectivity index (χ2v) is 4.77. The van der Waals surface area contributed by atoms with Gasteiger partial charge in [-0.3, -0.25) is 0 Å². The summed E-state index contributed by atoms with van der Waals surface area (Å²) in [6, 6.07) is 0. The van der Waals surface area contributed by atoms with Gasteiger partial charge in [-0.1, -0.05) is 13.8 Å². The van der Waals surface area contributed by atoms with Crippen LogP contribution in [0.3, 0.4) is 0 Å². The molecule has 1 saturated carbocycles. The highest BCUT2D eigenvalue weighted by Crippen LogP contribution is 2.71. The van der Waals surface area contributed by atoms with E-state index in [2.05, 4.69) is 5.32 Å². The summed E-state index contributed by atoms with van der Waals surface area (Å²) in [4.78, 5) is 0. The lowest BCUT2D eigenvalue weighted by molar-refractivity contribution is -0.00988. The standard InChI is InChI=1S/C9H15F2N/c1-7(2)6-12-4-3-8(7)5-9(8,10)11/h12H,3-6H2,1-2H3. The maximum atomic E-state index is 13.1. The van der Waals surface area contributed by atoms with Crippen molar-refractivity contribution in [1.82, 2.24) is 5.32 Å². The summed E-state index contributed by atoms with van der Waals surface area (Å²) in [5.41, 5.74) is -0.917. The van der Waals surface area contributed by atoms with Gasteiger partial charge in [0.2, 0.25) is 0 Å². The molecule has 0 aromatic rings. The molecule has 1 nitrogen and oxygen atoms in total. The second kappa shape index (κ2) is 2.00. The van der Waals surface area contributed by atoms with Gasteiger partial charge in [0.05, 0.1) is 0 Å². The van der Waals surface area contributed by atoms with Crippen LogP contribution in [0.1, 0.15) is 26.7 Å². The maximum absolute atomic E-state index is 13.1. The third kappa shape index (κ3) is 0.804. The first kappa shape index (κ1) is 8.42. The molecule has 70 valence electrons. The molecule has 2 aliphatic rings. The monoisotopic (exact) mass is 175 g/mol. The van der Waals surface area contributed by atoms with Crippen molar-refractivity contribution in [2.75, 3.05) is 13.1 Å². The topological polar surface area (TPSA) is 12.0 Å². The molecule has 1 unspecified atom stereocenters. The van der Waals surface area contributed by atoms with E-state index in [1.807, 2.05) is 13.8 Å². The van der Waals surface area contributed by atoms with Crippen molar-refractivity contribution in [1.29, 1.82) is 0 Å². The van der Waals surface area contributed by atoms with Crippen LogP contribution in [0.2, 0.25) is 0 Å². The maximum Gasteiger partial charge on any atom is 0.255 e. The highest BCUT2D eigenvalue weighted by atomic mass is 19.3. The fraction of sp³-hybridized carbons (Fsp3) is 1.00. The summed E-state index contributed by atoms with van der Waals surface area (Å²) in [6.45, 7) is 5.36. The van der Waals surface area contributed by atoms with Crippen molar-refractivity contribution >= 4 is 0 Å². The van der Waals surface area contributed by atoms with Crippen molar-refractivity contribution in [2.45, 2.75) is 32.6 Å². The van der Waals surface area contributed by atoms with Crippen LogP contribution in [0.5, 0.6) is 0 Å². The molecule has 1 aliphatic carbocycles. The number of hydrogen-bond donors (Lipinski definition) is 1. The Morgan fingerprint density at radius 2 is 1.83 bits per heavy atom. The summed E-state index contributed by atoms with van der Waals surface area (Å²) < 4.78 is 26.3. The van der Waals surface area contributed by atoms with Gasteiger partial charge in [0.15, 0.2) is 0 Å². The van der Waals surface area contributed by atoms with Gasteiger partial charge in [-0.05, 0) is 18.4 Å². The van der Waals surface area contributed by atoms with Crippen LogP contribution >= 0.6 is 0 Å². The molecule has 1 atom stereocenters. The molecule has 0 aromatic carbocycles. The van der Waals surface area contributed by atoms with Crippen molar-refractivity contribution < 1.29 is 8.78 Å². The number of halogens is 2. The zero-order valence-corrected chi connectivity index (χ0v) is 7.58. The van der Waals surface area contributed by atoms with Crippen molar-refractivity contribution in [2.24, 2.45) is 10.8 Å². The summed E-state index contributed by atoms with van der Waals surface area (Å²) in [5, 5.41) is 3.18. The van der Waals surface area contributed by atoms with Crippen molar-refractivity contribution in [3.05, 3.63) is 0 Å². The minimum absolute atomic E-state index is 0.106. The first-order valence-corrected chi connectivity index (χ1v) is 4.50. The summed E-state index contributed by atoms with van der Waals surface area (Å²) in [5.74, 6) is -2.39. The van der Waals surface area contributed by atoms with Crippen LogP contribution in [0, 0.1) is 10.8 Å². The molecule has 0 aromatic heterocycles. The molecule has 1 N–H and O–H groups in total. The minimum Gasteiger partial charge on any atom is -0.316 e. The second-order valence-electron chi connectivity index (χ2n) is 4.77. The number of hydrogen-bond acceptors (Lipinski definition) is 1. The molecule has 12 heavy (non-hydrogen) atoms. The van der Waals surface area contributed by atoms with Gasteiger partial charge in [0, 0.05) is 18.4 Å². The first-order chi connectivity index (χ1) is 5.41. The van der Waals surface area contributed by atoms with E-state index in [1.165, 1.54) is 0 Å². The van der Waals surface area contributed by atoms with Gasteiger partial charge < -0.3 is 5.32 Å². The SMILES string of the molecule is CC1(C)CNCCC12CC2(F)F. The van der Waals surface area contributed by atoms with E-state index < -0.39 is 11.3 Å². The van der Waals surface area contributed by atoms with Gasteiger partial charge in [0.1, 0.15) is 0 Å². The van der Waals surface area contributed by atoms with Crippen LogP contribution in [-0.4, -0.2) is 19.0 Å². The normalized spacial score (nSPS) is 43.0. The highest BCUT2D eigenvalue weighted by molar-refractivity contribution is 5.18.